The first-order valence-electron chi connectivity index (χ1n) is 10.7. The molecule has 0 aliphatic heterocycles. The molecule has 0 aliphatic carbocycles. The van der Waals surface area contributed by atoms with Crippen molar-refractivity contribution in [3.05, 3.63) is 88.4 Å². The molecule has 37 heavy (non-hydrogen) atoms. The molecule has 3 rings (SSSR count). The van der Waals surface area contributed by atoms with Gasteiger partial charge in [-0.15, -0.1) is 0 Å². The lowest BCUT2D eigenvalue weighted by Crippen LogP contribution is -2.28. The molecule has 198 valence electrons. The highest BCUT2D eigenvalue weighted by Gasteiger charge is 2.33. The van der Waals surface area contributed by atoms with Gasteiger partial charge in [-0.25, -0.2) is 31.3 Å². The SMILES string of the molecule is CC(C(=O)NCc1ccc(C(F)(F)F)nc1-c1cc(F)ccc1F)c1ccc(CNS(C)(=O)=O)c(F)c1. The molecule has 6 nitrogen and oxygen atoms in total. The third-order valence-corrected chi connectivity index (χ3v) is 6.07. The van der Waals surface area contributed by atoms with Crippen molar-refractivity contribution in [3.63, 3.8) is 0 Å². The van der Waals surface area contributed by atoms with E-state index in [9.17, 15) is 39.6 Å². The van der Waals surface area contributed by atoms with Crippen LogP contribution in [0.25, 0.3) is 11.3 Å². The Kier molecular flexibility index (Phi) is 8.28. The topological polar surface area (TPSA) is 88.2 Å². The smallest absolute Gasteiger partial charge is 0.351 e. The summed E-state index contributed by atoms with van der Waals surface area (Å²) in [5.41, 5.74) is -2.03. The summed E-state index contributed by atoms with van der Waals surface area (Å²) in [6, 6.07) is 7.73. The third-order valence-electron chi connectivity index (χ3n) is 5.40. The van der Waals surface area contributed by atoms with Crippen molar-refractivity contribution >= 4 is 15.9 Å². The number of hydrogen-bond acceptors (Lipinski definition) is 4. The molecule has 0 bridgehead atoms. The summed E-state index contributed by atoms with van der Waals surface area (Å²) in [5, 5.41) is 2.49. The fourth-order valence-electron chi connectivity index (χ4n) is 3.37. The maximum Gasteiger partial charge on any atom is 0.433 e. The maximum absolute atomic E-state index is 14.4. The fourth-order valence-corrected chi connectivity index (χ4v) is 3.79. The van der Waals surface area contributed by atoms with Gasteiger partial charge in [-0.05, 0) is 48.4 Å². The summed E-state index contributed by atoms with van der Waals surface area (Å²) in [6.45, 7) is 0.793. The van der Waals surface area contributed by atoms with E-state index < -0.39 is 62.4 Å². The maximum atomic E-state index is 14.4. The number of nitrogens with one attached hydrogen (secondary N) is 2. The molecule has 0 saturated heterocycles. The van der Waals surface area contributed by atoms with Crippen LogP contribution in [0.3, 0.4) is 0 Å². The first-order chi connectivity index (χ1) is 17.2. The molecule has 1 unspecified atom stereocenters. The zero-order chi connectivity index (χ0) is 27.5. The van der Waals surface area contributed by atoms with Crippen LogP contribution in [0.5, 0.6) is 0 Å². The number of rotatable bonds is 8. The number of pyridine rings is 1. The van der Waals surface area contributed by atoms with E-state index in [1.165, 1.54) is 19.1 Å². The molecule has 2 N–H and O–H groups in total. The van der Waals surface area contributed by atoms with Gasteiger partial charge in [0, 0.05) is 24.2 Å². The number of hydrogen-bond donors (Lipinski definition) is 2. The Morgan fingerprint density at radius 2 is 1.62 bits per heavy atom. The summed E-state index contributed by atoms with van der Waals surface area (Å²) in [7, 11) is -3.55. The minimum Gasteiger partial charge on any atom is -0.351 e. The number of aromatic nitrogens is 1. The molecular weight excluding hydrogens is 524 g/mol. The van der Waals surface area contributed by atoms with Crippen molar-refractivity contribution in [1.29, 1.82) is 0 Å². The predicted octanol–water partition coefficient (Wildman–Crippen LogP) is 4.65. The lowest BCUT2D eigenvalue weighted by Gasteiger charge is -2.17. The van der Waals surface area contributed by atoms with E-state index in [1.54, 1.807) is 0 Å². The Bertz CT molecular complexity index is 1430. The molecule has 1 atom stereocenters. The number of benzene rings is 2. The van der Waals surface area contributed by atoms with E-state index in [1.807, 2.05) is 0 Å². The van der Waals surface area contributed by atoms with Crippen molar-refractivity contribution in [2.75, 3.05) is 6.26 Å². The fraction of sp³-hybridized carbons (Fsp3) is 0.250. The van der Waals surface area contributed by atoms with Crippen LogP contribution in [0.2, 0.25) is 0 Å². The minimum absolute atomic E-state index is 0.00794. The minimum atomic E-state index is -4.85. The molecule has 0 saturated carbocycles. The van der Waals surface area contributed by atoms with Crippen LogP contribution in [0, 0.1) is 17.5 Å². The van der Waals surface area contributed by atoms with E-state index in [4.69, 9.17) is 0 Å². The predicted molar refractivity (Wildman–Crippen MR) is 123 cm³/mol. The highest BCUT2D eigenvalue weighted by Crippen LogP contribution is 2.32. The molecule has 1 amide bonds. The number of carbonyl (C=O) groups is 1. The van der Waals surface area contributed by atoms with Crippen LogP contribution in [0.1, 0.15) is 35.2 Å². The molecule has 1 heterocycles. The van der Waals surface area contributed by atoms with Gasteiger partial charge in [0.15, 0.2) is 0 Å². The van der Waals surface area contributed by atoms with Crippen LogP contribution in [-0.2, 0) is 34.1 Å². The number of halogens is 6. The Morgan fingerprint density at radius 1 is 0.946 bits per heavy atom. The summed E-state index contributed by atoms with van der Waals surface area (Å²) in [6.07, 6.45) is -3.92. The molecule has 13 heteroatoms. The summed E-state index contributed by atoms with van der Waals surface area (Å²) < 4.78 is 107. The zero-order valence-corrected chi connectivity index (χ0v) is 20.3. The van der Waals surface area contributed by atoms with Crippen molar-refractivity contribution in [1.82, 2.24) is 15.0 Å². The van der Waals surface area contributed by atoms with Crippen LogP contribution >= 0.6 is 0 Å². The number of nitrogens with zero attached hydrogens (tertiary/aromatic N) is 1. The van der Waals surface area contributed by atoms with Crippen LogP contribution in [-0.4, -0.2) is 25.6 Å². The lowest BCUT2D eigenvalue weighted by atomic mass is 9.98. The molecule has 1 aromatic heterocycles. The monoisotopic (exact) mass is 545 g/mol. The summed E-state index contributed by atoms with van der Waals surface area (Å²) in [4.78, 5) is 16.2. The van der Waals surface area contributed by atoms with Crippen molar-refractivity contribution < 1.29 is 39.6 Å². The number of amides is 1. The van der Waals surface area contributed by atoms with Gasteiger partial charge >= 0.3 is 6.18 Å². The number of sulfonamides is 1. The second-order valence-corrected chi connectivity index (χ2v) is 10.0. The molecule has 2 aromatic carbocycles. The average molecular weight is 546 g/mol. The number of carbonyl (C=O) groups excluding carboxylic acids is 1. The standard InChI is InChI=1S/C24H21F6N3O3S/c1-13(14-3-4-15(20(27)9-14)12-32-37(2,35)36)23(34)31-11-16-5-8-21(24(28,29)30)33-22(16)18-10-17(25)6-7-19(18)26/h3-10,13,32H,11-12H2,1-2H3,(H,31,34). The van der Waals surface area contributed by atoms with Gasteiger partial charge in [-0.1, -0.05) is 18.2 Å². The van der Waals surface area contributed by atoms with Gasteiger partial charge in [0.05, 0.1) is 17.9 Å². The molecule has 0 fully saturated rings. The van der Waals surface area contributed by atoms with Crippen molar-refractivity contribution in [2.24, 2.45) is 0 Å². The first-order valence-corrected chi connectivity index (χ1v) is 12.6. The van der Waals surface area contributed by atoms with Crippen LogP contribution < -0.4 is 10.0 Å². The van der Waals surface area contributed by atoms with Gasteiger partial charge < -0.3 is 5.32 Å². The first kappa shape index (κ1) is 28.1. The van der Waals surface area contributed by atoms with Gasteiger partial charge in [0.1, 0.15) is 23.1 Å². The number of alkyl halides is 3. The second-order valence-electron chi connectivity index (χ2n) is 8.21. The van der Waals surface area contributed by atoms with Crippen molar-refractivity contribution in [3.8, 4) is 11.3 Å². The molecule has 0 aliphatic rings. The van der Waals surface area contributed by atoms with Gasteiger partial charge in [-0.2, -0.15) is 13.2 Å². The van der Waals surface area contributed by atoms with E-state index in [-0.39, 0.29) is 29.8 Å². The highest BCUT2D eigenvalue weighted by molar-refractivity contribution is 7.88. The highest BCUT2D eigenvalue weighted by atomic mass is 32.2. The van der Waals surface area contributed by atoms with E-state index in [0.29, 0.717) is 12.1 Å². The van der Waals surface area contributed by atoms with Gasteiger partial charge in [0.2, 0.25) is 15.9 Å². The molecule has 0 radical (unpaired) electrons. The lowest BCUT2D eigenvalue weighted by molar-refractivity contribution is -0.141. The Labute approximate surface area is 208 Å². The molecular formula is C24H21F6N3O3S. The van der Waals surface area contributed by atoms with E-state index in [0.717, 1.165) is 30.5 Å². The van der Waals surface area contributed by atoms with Crippen molar-refractivity contribution in [2.45, 2.75) is 32.1 Å². The molecule has 0 spiro atoms. The largest absolute Gasteiger partial charge is 0.433 e. The van der Waals surface area contributed by atoms with E-state index in [2.05, 4.69) is 15.0 Å². The Morgan fingerprint density at radius 3 is 2.24 bits per heavy atom. The van der Waals surface area contributed by atoms with Gasteiger partial charge in [-0.3, -0.25) is 4.79 Å². The van der Waals surface area contributed by atoms with Crippen LogP contribution in [0.4, 0.5) is 26.3 Å². The van der Waals surface area contributed by atoms with Crippen LogP contribution in [0.15, 0.2) is 48.5 Å². The Hall–Kier alpha value is -3.45. The summed E-state index contributed by atoms with van der Waals surface area (Å²) in [5.74, 6) is -4.19. The zero-order valence-electron chi connectivity index (χ0n) is 19.5. The Balaban J connectivity index is 1.82. The normalized spacial score (nSPS) is 12.9. The molecule has 3 aromatic rings. The average Bonchev–Trinajstić information content (AvgIpc) is 2.81. The summed E-state index contributed by atoms with van der Waals surface area (Å²) >= 11 is 0. The van der Waals surface area contributed by atoms with E-state index >= 15 is 0 Å². The van der Waals surface area contributed by atoms with Gasteiger partial charge in [0.25, 0.3) is 0 Å². The third kappa shape index (κ3) is 7.29. The quantitative estimate of drug-likeness (QED) is 0.404. The second kappa shape index (κ2) is 10.9.